The molecule has 2 rings (SSSR count). The van der Waals surface area contributed by atoms with Crippen LogP contribution < -0.4 is 0 Å². The summed E-state index contributed by atoms with van der Waals surface area (Å²) in [5.41, 5.74) is 1.51. The second kappa shape index (κ2) is 4.54. The van der Waals surface area contributed by atoms with Gasteiger partial charge in [-0.3, -0.25) is 0 Å². The molecule has 0 N–H and O–H groups in total. The topological polar surface area (TPSA) is 9.23 Å². The fourth-order valence-corrected chi connectivity index (χ4v) is 2.37. The van der Waals surface area contributed by atoms with E-state index in [0.717, 1.165) is 18.4 Å². The van der Waals surface area contributed by atoms with E-state index < -0.39 is 0 Å². The van der Waals surface area contributed by atoms with Gasteiger partial charge in [0.25, 0.3) is 0 Å². The molecule has 1 saturated carbocycles. The van der Waals surface area contributed by atoms with E-state index in [4.69, 9.17) is 16.3 Å². The summed E-state index contributed by atoms with van der Waals surface area (Å²) in [7, 11) is 0. The minimum absolute atomic E-state index is 0.274. The number of rotatable bonds is 5. The first-order valence-electron chi connectivity index (χ1n) is 5.44. The van der Waals surface area contributed by atoms with Crippen molar-refractivity contribution >= 4 is 11.6 Å². The van der Waals surface area contributed by atoms with Crippen LogP contribution in [0.3, 0.4) is 0 Å². The molecule has 1 nitrogen and oxygen atoms in total. The molecule has 0 radical (unpaired) electrons. The highest BCUT2D eigenvalue weighted by Gasteiger charge is 2.50. The molecule has 1 aliphatic carbocycles. The molecule has 0 heterocycles. The number of hydrogen-bond donors (Lipinski definition) is 0. The zero-order chi connectivity index (χ0) is 10.7. The predicted octanol–water partition coefficient (Wildman–Crippen LogP) is 3.47. The van der Waals surface area contributed by atoms with Crippen LogP contribution in [0.15, 0.2) is 30.3 Å². The summed E-state index contributed by atoms with van der Waals surface area (Å²) in [6, 6.07) is 10.3. The monoisotopic (exact) mass is 224 g/mol. The molecule has 1 aromatic rings. The van der Waals surface area contributed by atoms with Crippen LogP contribution in [-0.4, -0.2) is 12.5 Å². The van der Waals surface area contributed by atoms with Crippen molar-refractivity contribution in [3.05, 3.63) is 35.9 Å². The third-order valence-electron chi connectivity index (χ3n) is 3.37. The summed E-state index contributed by atoms with van der Waals surface area (Å²) >= 11 is 5.95. The van der Waals surface area contributed by atoms with E-state index in [-0.39, 0.29) is 5.41 Å². The van der Waals surface area contributed by atoms with Crippen molar-refractivity contribution in [2.24, 2.45) is 11.3 Å². The maximum Gasteiger partial charge on any atom is 0.0717 e. The Morgan fingerprint density at radius 2 is 2.07 bits per heavy atom. The summed E-state index contributed by atoms with van der Waals surface area (Å²) in [5.74, 6) is 1.45. The average Bonchev–Trinajstić information content (AvgIpc) is 2.92. The van der Waals surface area contributed by atoms with Crippen molar-refractivity contribution in [1.29, 1.82) is 0 Å². The molecular formula is C13H17ClO. The smallest absolute Gasteiger partial charge is 0.0717 e. The quantitative estimate of drug-likeness (QED) is 0.696. The Morgan fingerprint density at radius 1 is 1.40 bits per heavy atom. The minimum atomic E-state index is 0.274. The molecule has 2 unspecified atom stereocenters. The van der Waals surface area contributed by atoms with Crippen molar-refractivity contribution in [2.45, 2.75) is 20.0 Å². The van der Waals surface area contributed by atoms with Crippen molar-refractivity contribution in [3.63, 3.8) is 0 Å². The largest absolute Gasteiger partial charge is 0.376 e. The van der Waals surface area contributed by atoms with Gasteiger partial charge >= 0.3 is 0 Å². The molecule has 82 valence electrons. The highest BCUT2D eigenvalue weighted by atomic mass is 35.5. The van der Waals surface area contributed by atoms with Gasteiger partial charge in [0.15, 0.2) is 0 Å². The molecule has 0 aliphatic heterocycles. The lowest BCUT2D eigenvalue weighted by Gasteiger charge is -2.13. The second-order valence-corrected chi connectivity index (χ2v) is 4.85. The molecule has 1 aromatic carbocycles. The fourth-order valence-electron chi connectivity index (χ4n) is 1.92. The van der Waals surface area contributed by atoms with Gasteiger partial charge in [0.2, 0.25) is 0 Å². The SMILES string of the molecule is CC1CC1(CCl)COCc1ccccc1. The standard InChI is InChI=1S/C13H17ClO/c1-11-7-13(11,9-14)10-15-8-12-5-3-2-4-6-12/h2-6,11H,7-10H2,1H3. The third kappa shape index (κ3) is 2.53. The first-order valence-corrected chi connectivity index (χ1v) is 5.98. The van der Waals surface area contributed by atoms with E-state index in [0.29, 0.717) is 6.61 Å². The van der Waals surface area contributed by atoms with E-state index in [1.807, 2.05) is 18.2 Å². The van der Waals surface area contributed by atoms with E-state index >= 15 is 0 Å². The third-order valence-corrected chi connectivity index (χ3v) is 3.90. The maximum atomic E-state index is 5.95. The molecule has 1 aliphatic rings. The van der Waals surface area contributed by atoms with Gasteiger partial charge in [-0.05, 0) is 17.9 Å². The van der Waals surface area contributed by atoms with Gasteiger partial charge < -0.3 is 4.74 Å². The highest BCUT2D eigenvalue weighted by molar-refractivity contribution is 6.18. The Bertz CT molecular complexity index is 308. The van der Waals surface area contributed by atoms with Crippen molar-refractivity contribution in [1.82, 2.24) is 0 Å². The minimum Gasteiger partial charge on any atom is -0.376 e. The van der Waals surface area contributed by atoms with Crippen LogP contribution in [0.1, 0.15) is 18.9 Å². The van der Waals surface area contributed by atoms with E-state index in [9.17, 15) is 0 Å². The lowest BCUT2D eigenvalue weighted by Crippen LogP contribution is -2.14. The zero-order valence-corrected chi connectivity index (χ0v) is 9.83. The van der Waals surface area contributed by atoms with E-state index in [1.54, 1.807) is 0 Å². The summed E-state index contributed by atoms with van der Waals surface area (Å²) in [6.45, 7) is 3.74. The highest BCUT2D eigenvalue weighted by Crippen LogP contribution is 2.53. The number of benzene rings is 1. The van der Waals surface area contributed by atoms with Crippen LogP contribution in [0.2, 0.25) is 0 Å². The van der Waals surface area contributed by atoms with Crippen LogP contribution in [0.25, 0.3) is 0 Å². The van der Waals surface area contributed by atoms with Gasteiger partial charge in [-0.25, -0.2) is 0 Å². The Kier molecular flexibility index (Phi) is 3.32. The molecule has 15 heavy (non-hydrogen) atoms. The first kappa shape index (κ1) is 11.0. The molecule has 2 heteroatoms. The second-order valence-electron chi connectivity index (χ2n) is 4.58. The van der Waals surface area contributed by atoms with Crippen LogP contribution >= 0.6 is 11.6 Å². The van der Waals surface area contributed by atoms with Crippen molar-refractivity contribution in [2.75, 3.05) is 12.5 Å². The molecule has 0 saturated heterocycles. The number of alkyl halides is 1. The van der Waals surface area contributed by atoms with Crippen LogP contribution in [-0.2, 0) is 11.3 Å². The molecular weight excluding hydrogens is 208 g/mol. The lowest BCUT2D eigenvalue weighted by molar-refractivity contribution is 0.0806. The van der Waals surface area contributed by atoms with Gasteiger partial charge in [0.1, 0.15) is 0 Å². The number of hydrogen-bond acceptors (Lipinski definition) is 1. The zero-order valence-electron chi connectivity index (χ0n) is 9.08. The van der Waals surface area contributed by atoms with E-state index in [1.165, 1.54) is 12.0 Å². The molecule has 2 atom stereocenters. The number of halogens is 1. The van der Waals surface area contributed by atoms with Crippen LogP contribution in [0.5, 0.6) is 0 Å². The molecule has 0 bridgehead atoms. The summed E-state index contributed by atoms with van der Waals surface area (Å²) in [5, 5.41) is 0. The van der Waals surface area contributed by atoms with Gasteiger partial charge in [-0.2, -0.15) is 0 Å². The Hall–Kier alpha value is -0.530. The van der Waals surface area contributed by atoms with Crippen LogP contribution in [0.4, 0.5) is 0 Å². The Labute approximate surface area is 96.4 Å². The Morgan fingerprint density at radius 3 is 2.60 bits per heavy atom. The van der Waals surface area contributed by atoms with Crippen molar-refractivity contribution in [3.8, 4) is 0 Å². The van der Waals surface area contributed by atoms with Gasteiger partial charge in [0.05, 0.1) is 13.2 Å². The average molecular weight is 225 g/mol. The summed E-state index contributed by atoms with van der Waals surface area (Å²) in [6.07, 6.45) is 1.21. The summed E-state index contributed by atoms with van der Waals surface area (Å²) in [4.78, 5) is 0. The Balaban J connectivity index is 1.76. The molecule has 0 spiro atoms. The molecule has 0 amide bonds. The first-order chi connectivity index (χ1) is 7.27. The lowest BCUT2D eigenvalue weighted by atomic mass is 10.1. The van der Waals surface area contributed by atoms with Gasteiger partial charge in [0, 0.05) is 11.3 Å². The predicted molar refractivity (Wildman–Crippen MR) is 63.0 cm³/mol. The fraction of sp³-hybridized carbons (Fsp3) is 0.538. The summed E-state index contributed by atoms with van der Waals surface area (Å²) < 4.78 is 5.72. The van der Waals surface area contributed by atoms with E-state index in [2.05, 4.69) is 19.1 Å². The molecule has 0 aromatic heterocycles. The van der Waals surface area contributed by atoms with Gasteiger partial charge in [-0.1, -0.05) is 37.3 Å². The van der Waals surface area contributed by atoms with Crippen LogP contribution in [0, 0.1) is 11.3 Å². The number of ether oxygens (including phenoxy) is 1. The van der Waals surface area contributed by atoms with Crippen molar-refractivity contribution < 1.29 is 4.74 Å². The molecule has 1 fully saturated rings. The maximum absolute atomic E-state index is 5.95. The normalized spacial score (nSPS) is 29.1. The van der Waals surface area contributed by atoms with Gasteiger partial charge in [-0.15, -0.1) is 11.6 Å².